The predicted octanol–water partition coefficient (Wildman–Crippen LogP) is 4.12. The van der Waals surface area contributed by atoms with Crippen LogP contribution in [0.3, 0.4) is 0 Å². The van der Waals surface area contributed by atoms with Crippen LogP contribution in [-0.4, -0.2) is 26.3 Å². The van der Waals surface area contributed by atoms with Crippen molar-refractivity contribution in [2.24, 2.45) is 0 Å². The van der Waals surface area contributed by atoms with Crippen LogP contribution in [0.1, 0.15) is 13.3 Å². The fourth-order valence-corrected chi connectivity index (χ4v) is 4.47. The van der Waals surface area contributed by atoms with Crippen molar-refractivity contribution in [3.05, 3.63) is 42.5 Å². The number of sulfonamides is 1. The van der Waals surface area contributed by atoms with Gasteiger partial charge in [0.25, 0.3) is 0 Å². The van der Waals surface area contributed by atoms with Gasteiger partial charge in [0.2, 0.25) is 10.0 Å². The molecule has 0 fully saturated rings. The molecule has 0 amide bonds. The first kappa shape index (κ1) is 16.7. The Kier molecular flexibility index (Phi) is 4.73. The standard InChI is InChI=1S/C17H18N2O3S2/c1-3-10-24(20,21)19-13-6-4-12(5-7-13)17-18-15-9-8-14(22-2)11-16(15)23-17/h4-9,11,19H,3,10H2,1-2H3. The Hall–Kier alpha value is -2.12. The van der Waals surface area contributed by atoms with Gasteiger partial charge in [-0.2, -0.15) is 0 Å². The maximum atomic E-state index is 11.8. The number of methoxy groups -OCH3 is 1. The highest BCUT2D eigenvalue weighted by atomic mass is 32.2. The summed E-state index contributed by atoms with van der Waals surface area (Å²) in [6.07, 6.45) is 0.586. The van der Waals surface area contributed by atoms with E-state index in [0.717, 1.165) is 26.5 Å². The second kappa shape index (κ2) is 6.78. The summed E-state index contributed by atoms with van der Waals surface area (Å²) in [5.74, 6) is 0.924. The van der Waals surface area contributed by atoms with Crippen molar-refractivity contribution in [2.75, 3.05) is 17.6 Å². The maximum absolute atomic E-state index is 11.8. The highest BCUT2D eigenvalue weighted by Gasteiger charge is 2.10. The zero-order valence-corrected chi connectivity index (χ0v) is 15.1. The lowest BCUT2D eigenvalue weighted by Crippen LogP contribution is -2.15. The highest BCUT2D eigenvalue weighted by molar-refractivity contribution is 7.92. The van der Waals surface area contributed by atoms with Gasteiger partial charge >= 0.3 is 0 Å². The molecule has 0 aliphatic heterocycles. The van der Waals surface area contributed by atoms with Gasteiger partial charge in [-0.15, -0.1) is 11.3 Å². The minimum absolute atomic E-state index is 0.119. The number of hydrogen-bond donors (Lipinski definition) is 1. The smallest absolute Gasteiger partial charge is 0.232 e. The average Bonchev–Trinajstić information content (AvgIpc) is 2.98. The Labute approximate surface area is 145 Å². The Morgan fingerprint density at radius 1 is 1.17 bits per heavy atom. The van der Waals surface area contributed by atoms with Gasteiger partial charge in [0.05, 0.1) is 23.1 Å². The first-order chi connectivity index (χ1) is 11.5. The zero-order valence-electron chi connectivity index (χ0n) is 13.4. The summed E-state index contributed by atoms with van der Waals surface area (Å²) in [5, 5.41) is 0.890. The monoisotopic (exact) mass is 362 g/mol. The van der Waals surface area contributed by atoms with Crippen LogP contribution in [0.2, 0.25) is 0 Å². The molecule has 1 heterocycles. The highest BCUT2D eigenvalue weighted by Crippen LogP contribution is 2.32. The van der Waals surface area contributed by atoms with Gasteiger partial charge in [-0.1, -0.05) is 6.92 Å². The molecule has 0 saturated carbocycles. The number of ether oxygens (including phenoxy) is 1. The van der Waals surface area contributed by atoms with E-state index in [0.29, 0.717) is 12.1 Å². The molecule has 0 saturated heterocycles. The molecule has 0 aliphatic rings. The van der Waals surface area contributed by atoms with Crippen LogP contribution in [0.15, 0.2) is 42.5 Å². The average molecular weight is 362 g/mol. The van der Waals surface area contributed by atoms with E-state index < -0.39 is 10.0 Å². The molecular formula is C17H18N2O3S2. The third-order valence-electron chi connectivity index (χ3n) is 3.47. The van der Waals surface area contributed by atoms with Crippen LogP contribution in [0, 0.1) is 0 Å². The Morgan fingerprint density at radius 3 is 2.58 bits per heavy atom. The van der Waals surface area contributed by atoms with Crippen LogP contribution in [0.4, 0.5) is 5.69 Å². The van der Waals surface area contributed by atoms with E-state index in [1.807, 2.05) is 37.3 Å². The van der Waals surface area contributed by atoms with Crippen molar-refractivity contribution in [2.45, 2.75) is 13.3 Å². The molecule has 0 bridgehead atoms. The quantitative estimate of drug-likeness (QED) is 0.716. The van der Waals surface area contributed by atoms with Gasteiger partial charge in [0, 0.05) is 11.3 Å². The molecule has 1 aromatic heterocycles. The zero-order chi connectivity index (χ0) is 17.2. The molecule has 7 heteroatoms. The van der Waals surface area contributed by atoms with Crippen LogP contribution in [-0.2, 0) is 10.0 Å². The van der Waals surface area contributed by atoms with Crippen molar-refractivity contribution in [1.82, 2.24) is 4.98 Å². The molecule has 0 radical (unpaired) electrons. The lowest BCUT2D eigenvalue weighted by Gasteiger charge is -2.07. The van der Waals surface area contributed by atoms with E-state index in [2.05, 4.69) is 9.71 Å². The summed E-state index contributed by atoms with van der Waals surface area (Å²) in [4.78, 5) is 4.62. The Balaban J connectivity index is 1.85. The predicted molar refractivity (Wildman–Crippen MR) is 99.3 cm³/mol. The van der Waals surface area contributed by atoms with Gasteiger partial charge in [0.15, 0.2) is 0 Å². The lowest BCUT2D eigenvalue weighted by molar-refractivity contribution is 0.415. The van der Waals surface area contributed by atoms with Crippen molar-refractivity contribution >= 4 is 37.3 Å². The molecule has 1 N–H and O–H groups in total. The summed E-state index contributed by atoms with van der Waals surface area (Å²) in [7, 11) is -1.63. The number of nitrogens with one attached hydrogen (secondary N) is 1. The van der Waals surface area contributed by atoms with Crippen LogP contribution >= 0.6 is 11.3 Å². The molecule has 0 spiro atoms. The fourth-order valence-electron chi connectivity index (χ4n) is 2.34. The third-order valence-corrected chi connectivity index (χ3v) is 6.03. The SMILES string of the molecule is CCCS(=O)(=O)Nc1ccc(-c2nc3ccc(OC)cc3s2)cc1. The van der Waals surface area contributed by atoms with Gasteiger partial charge in [-0.25, -0.2) is 13.4 Å². The number of nitrogens with zero attached hydrogens (tertiary/aromatic N) is 1. The molecule has 3 aromatic rings. The first-order valence-corrected chi connectivity index (χ1v) is 10.0. The number of hydrogen-bond acceptors (Lipinski definition) is 5. The number of benzene rings is 2. The fraction of sp³-hybridized carbons (Fsp3) is 0.235. The van der Waals surface area contributed by atoms with E-state index in [1.54, 1.807) is 30.6 Å². The molecule has 2 aromatic carbocycles. The summed E-state index contributed by atoms with van der Waals surface area (Å²) >= 11 is 1.58. The van der Waals surface area contributed by atoms with Crippen molar-refractivity contribution < 1.29 is 13.2 Å². The second-order valence-electron chi connectivity index (χ2n) is 5.35. The van der Waals surface area contributed by atoms with Crippen molar-refractivity contribution in [3.63, 3.8) is 0 Å². The summed E-state index contributed by atoms with van der Waals surface area (Å²) < 4.78 is 32.5. The number of aromatic nitrogens is 1. The first-order valence-electron chi connectivity index (χ1n) is 7.56. The van der Waals surface area contributed by atoms with Gasteiger partial charge < -0.3 is 4.74 Å². The van der Waals surface area contributed by atoms with E-state index >= 15 is 0 Å². The van der Waals surface area contributed by atoms with Crippen LogP contribution < -0.4 is 9.46 Å². The molecular weight excluding hydrogens is 344 g/mol. The summed E-state index contributed by atoms with van der Waals surface area (Å²) in [6.45, 7) is 1.84. The van der Waals surface area contributed by atoms with E-state index in [9.17, 15) is 8.42 Å². The maximum Gasteiger partial charge on any atom is 0.232 e. The van der Waals surface area contributed by atoms with E-state index in [4.69, 9.17) is 4.74 Å². The number of rotatable bonds is 6. The van der Waals surface area contributed by atoms with Crippen LogP contribution in [0.5, 0.6) is 5.75 Å². The molecule has 0 aliphatic carbocycles. The van der Waals surface area contributed by atoms with Gasteiger partial charge in [-0.05, 0) is 48.9 Å². The third kappa shape index (κ3) is 3.68. The molecule has 3 rings (SSSR count). The van der Waals surface area contributed by atoms with Gasteiger partial charge in [-0.3, -0.25) is 4.72 Å². The van der Waals surface area contributed by atoms with E-state index in [-0.39, 0.29) is 5.75 Å². The largest absolute Gasteiger partial charge is 0.497 e. The summed E-state index contributed by atoms with van der Waals surface area (Å²) in [5.41, 5.74) is 2.44. The van der Waals surface area contributed by atoms with E-state index in [1.165, 1.54) is 0 Å². The van der Waals surface area contributed by atoms with Crippen LogP contribution in [0.25, 0.3) is 20.8 Å². The summed E-state index contributed by atoms with van der Waals surface area (Å²) in [6, 6.07) is 13.0. The molecule has 0 atom stereocenters. The Bertz CT molecular complexity index is 948. The number of fused-ring (bicyclic) bond motifs is 1. The lowest BCUT2D eigenvalue weighted by atomic mass is 10.2. The topological polar surface area (TPSA) is 68.3 Å². The normalized spacial score (nSPS) is 11.6. The molecule has 5 nitrogen and oxygen atoms in total. The second-order valence-corrected chi connectivity index (χ2v) is 8.22. The Morgan fingerprint density at radius 2 is 1.92 bits per heavy atom. The number of thiazole rings is 1. The molecule has 0 unspecified atom stereocenters. The minimum atomic E-state index is -3.27. The van der Waals surface area contributed by atoms with Crippen molar-refractivity contribution in [3.8, 4) is 16.3 Å². The number of anilines is 1. The molecule has 126 valence electrons. The van der Waals surface area contributed by atoms with Gasteiger partial charge in [0.1, 0.15) is 10.8 Å². The van der Waals surface area contributed by atoms with Crippen molar-refractivity contribution in [1.29, 1.82) is 0 Å². The minimum Gasteiger partial charge on any atom is -0.497 e. The molecule has 24 heavy (non-hydrogen) atoms.